The zero-order valence-corrected chi connectivity index (χ0v) is 15.0. The average molecular weight is 311 g/mol. The molecule has 0 bridgehead atoms. The molecular weight excluding hydrogens is 280 g/mol. The number of likely N-dealkylation sites (N-methyl/N-ethyl adjacent to an activating group) is 1. The van der Waals surface area contributed by atoms with Gasteiger partial charge in [-0.2, -0.15) is 0 Å². The number of hydrogen-bond donors (Lipinski definition) is 1. The number of piperidine rings is 1. The highest BCUT2D eigenvalue weighted by atomic mass is 32.1. The third kappa shape index (κ3) is 5.66. The highest BCUT2D eigenvalue weighted by Crippen LogP contribution is 2.18. The van der Waals surface area contributed by atoms with Gasteiger partial charge in [-0.15, -0.1) is 11.3 Å². The summed E-state index contributed by atoms with van der Waals surface area (Å²) in [6.45, 7) is 10.8. The molecule has 2 heterocycles. The van der Waals surface area contributed by atoms with Gasteiger partial charge in [0.05, 0.1) is 5.69 Å². The number of rotatable bonds is 5. The molecule has 1 fully saturated rings. The van der Waals surface area contributed by atoms with Crippen molar-refractivity contribution in [3.8, 4) is 0 Å². The normalized spacial score (nSPS) is 21.1. The van der Waals surface area contributed by atoms with Crippen molar-refractivity contribution in [2.24, 2.45) is 0 Å². The molecule has 0 spiro atoms. The monoisotopic (exact) mass is 310 g/mol. The minimum atomic E-state index is 0.150. The summed E-state index contributed by atoms with van der Waals surface area (Å²) in [6, 6.07) is 0.694. The van der Waals surface area contributed by atoms with Crippen molar-refractivity contribution in [1.82, 2.24) is 20.1 Å². The van der Waals surface area contributed by atoms with E-state index in [9.17, 15) is 0 Å². The molecule has 1 aliphatic heterocycles. The van der Waals surface area contributed by atoms with Gasteiger partial charge in [-0.05, 0) is 54.3 Å². The van der Waals surface area contributed by atoms with Crippen LogP contribution >= 0.6 is 11.3 Å². The molecule has 1 N–H and O–H groups in total. The van der Waals surface area contributed by atoms with Crippen molar-refractivity contribution >= 4 is 11.3 Å². The summed E-state index contributed by atoms with van der Waals surface area (Å²) in [5.41, 5.74) is 1.38. The number of aromatic nitrogens is 1. The van der Waals surface area contributed by atoms with Gasteiger partial charge in [-0.3, -0.25) is 4.90 Å². The lowest BCUT2D eigenvalue weighted by Gasteiger charge is -2.35. The molecule has 1 unspecified atom stereocenters. The van der Waals surface area contributed by atoms with E-state index >= 15 is 0 Å². The number of likely N-dealkylation sites (tertiary alicyclic amines) is 1. The minimum Gasteiger partial charge on any atom is -0.306 e. The Hall–Kier alpha value is -0.490. The van der Waals surface area contributed by atoms with E-state index in [-0.39, 0.29) is 5.54 Å². The van der Waals surface area contributed by atoms with Crippen molar-refractivity contribution in [3.05, 3.63) is 16.1 Å². The molecule has 0 saturated carbocycles. The Balaban J connectivity index is 1.84. The number of hydrogen-bond acceptors (Lipinski definition) is 5. The first-order valence-electron chi connectivity index (χ1n) is 7.90. The van der Waals surface area contributed by atoms with Crippen LogP contribution in [0.2, 0.25) is 0 Å². The van der Waals surface area contributed by atoms with E-state index in [2.05, 4.69) is 55.4 Å². The van der Waals surface area contributed by atoms with Crippen molar-refractivity contribution in [3.63, 3.8) is 0 Å². The lowest BCUT2D eigenvalue weighted by Crippen LogP contribution is -2.44. The van der Waals surface area contributed by atoms with Crippen LogP contribution in [0.3, 0.4) is 0 Å². The predicted octanol–water partition coefficient (Wildman–Crippen LogP) is 2.56. The second kappa shape index (κ2) is 7.18. The first kappa shape index (κ1) is 16.9. The lowest BCUT2D eigenvalue weighted by molar-refractivity contribution is 0.127. The molecular formula is C16H30N4S. The zero-order chi connectivity index (χ0) is 15.5. The summed E-state index contributed by atoms with van der Waals surface area (Å²) in [5.74, 6) is 0. The molecule has 0 aromatic carbocycles. The summed E-state index contributed by atoms with van der Waals surface area (Å²) < 4.78 is 0. The summed E-state index contributed by atoms with van der Waals surface area (Å²) in [4.78, 5) is 9.68. The Morgan fingerprint density at radius 2 is 2.19 bits per heavy atom. The van der Waals surface area contributed by atoms with E-state index < -0.39 is 0 Å². The first-order valence-corrected chi connectivity index (χ1v) is 8.78. The Kier molecular flexibility index (Phi) is 5.77. The molecule has 21 heavy (non-hydrogen) atoms. The van der Waals surface area contributed by atoms with Gasteiger partial charge in [0.25, 0.3) is 0 Å². The van der Waals surface area contributed by atoms with Crippen LogP contribution < -0.4 is 5.32 Å². The Morgan fingerprint density at radius 1 is 1.43 bits per heavy atom. The van der Waals surface area contributed by atoms with Crippen LogP contribution in [0.5, 0.6) is 0 Å². The van der Waals surface area contributed by atoms with Gasteiger partial charge in [0.2, 0.25) is 0 Å². The maximum Gasteiger partial charge on any atom is 0.107 e. The predicted molar refractivity (Wildman–Crippen MR) is 90.7 cm³/mol. The van der Waals surface area contributed by atoms with Crippen LogP contribution in [0, 0.1) is 0 Å². The van der Waals surface area contributed by atoms with Gasteiger partial charge in [-0.25, -0.2) is 4.98 Å². The molecule has 5 heteroatoms. The summed E-state index contributed by atoms with van der Waals surface area (Å²) in [5, 5.41) is 6.92. The highest BCUT2D eigenvalue weighted by molar-refractivity contribution is 7.09. The number of nitrogens with one attached hydrogen (secondary N) is 1. The quantitative estimate of drug-likeness (QED) is 0.906. The maximum absolute atomic E-state index is 4.78. The summed E-state index contributed by atoms with van der Waals surface area (Å²) in [7, 11) is 4.38. The molecule has 120 valence electrons. The molecule has 1 atom stereocenters. The van der Waals surface area contributed by atoms with Gasteiger partial charge in [0.15, 0.2) is 0 Å². The first-order chi connectivity index (χ1) is 9.83. The molecule has 2 rings (SSSR count). The maximum atomic E-state index is 4.78. The largest absolute Gasteiger partial charge is 0.306 e. The van der Waals surface area contributed by atoms with Crippen LogP contribution in [0.15, 0.2) is 5.38 Å². The molecule has 1 saturated heterocycles. The third-order valence-electron chi connectivity index (χ3n) is 3.97. The van der Waals surface area contributed by atoms with Crippen molar-refractivity contribution in [1.29, 1.82) is 0 Å². The molecule has 1 aromatic heterocycles. The van der Waals surface area contributed by atoms with Gasteiger partial charge >= 0.3 is 0 Å². The van der Waals surface area contributed by atoms with Crippen LogP contribution in [-0.2, 0) is 13.1 Å². The van der Waals surface area contributed by atoms with Crippen molar-refractivity contribution < 1.29 is 0 Å². The van der Waals surface area contributed by atoms with Gasteiger partial charge in [0.1, 0.15) is 5.01 Å². The molecule has 4 nitrogen and oxygen atoms in total. The molecule has 0 amide bonds. The van der Waals surface area contributed by atoms with E-state index in [1.165, 1.54) is 36.6 Å². The van der Waals surface area contributed by atoms with E-state index in [1.807, 2.05) is 0 Å². The molecule has 1 aliphatic rings. The molecule has 0 aliphatic carbocycles. The van der Waals surface area contributed by atoms with Crippen LogP contribution in [0.25, 0.3) is 0 Å². The second-order valence-corrected chi connectivity index (χ2v) is 8.27. The lowest BCUT2D eigenvalue weighted by atomic mass is 10.0. The van der Waals surface area contributed by atoms with Crippen molar-refractivity contribution in [2.75, 3.05) is 27.2 Å². The van der Waals surface area contributed by atoms with Crippen molar-refractivity contribution in [2.45, 2.75) is 58.3 Å². The fraction of sp³-hybridized carbons (Fsp3) is 0.812. The van der Waals surface area contributed by atoms with Gasteiger partial charge in [0, 0.05) is 36.6 Å². The van der Waals surface area contributed by atoms with E-state index in [4.69, 9.17) is 4.98 Å². The number of thiazole rings is 1. The van der Waals surface area contributed by atoms with E-state index in [0.29, 0.717) is 6.04 Å². The fourth-order valence-electron chi connectivity index (χ4n) is 2.67. The average Bonchev–Trinajstić information content (AvgIpc) is 2.83. The van der Waals surface area contributed by atoms with Crippen LogP contribution in [0.4, 0.5) is 0 Å². The Morgan fingerprint density at radius 3 is 2.86 bits per heavy atom. The fourth-order valence-corrected chi connectivity index (χ4v) is 3.39. The second-order valence-electron chi connectivity index (χ2n) is 7.33. The molecule has 1 aromatic rings. The SMILES string of the molecule is CN(C)C1CCCN(Cc2csc(CNC(C)(C)C)n2)C1. The zero-order valence-electron chi connectivity index (χ0n) is 14.1. The topological polar surface area (TPSA) is 31.4 Å². The van der Waals surface area contributed by atoms with E-state index in [0.717, 1.165) is 13.1 Å². The molecule has 0 radical (unpaired) electrons. The standard InChI is InChI=1S/C16H30N4S/c1-16(2,3)17-9-15-18-13(12-21-15)10-20-8-6-7-14(11-20)19(4)5/h12,14,17H,6-11H2,1-5H3. The third-order valence-corrected chi connectivity index (χ3v) is 4.86. The van der Waals surface area contributed by atoms with Crippen LogP contribution in [0.1, 0.15) is 44.3 Å². The number of nitrogens with zero attached hydrogens (tertiary/aromatic N) is 3. The summed E-state index contributed by atoms with van der Waals surface area (Å²) >= 11 is 1.78. The minimum absolute atomic E-state index is 0.150. The van der Waals surface area contributed by atoms with Crippen LogP contribution in [-0.4, -0.2) is 53.5 Å². The summed E-state index contributed by atoms with van der Waals surface area (Å²) in [6.07, 6.45) is 2.62. The highest BCUT2D eigenvalue weighted by Gasteiger charge is 2.22. The Bertz CT molecular complexity index is 436. The van der Waals surface area contributed by atoms with Gasteiger partial charge < -0.3 is 10.2 Å². The Labute approximate surface area is 133 Å². The smallest absolute Gasteiger partial charge is 0.107 e. The van der Waals surface area contributed by atoms with E-state index in [1.54, 1.807) is 11.3 Å². The van der Waals surface area contributed by atoms with Gasteiger partial charge in [-0.1, -0.05) is 0 Å².